The van der Waals surface area contributed by atoms with Gasteiger partial charge in [-0.05, 0) is 6.92 Å². The molecule has 0 amide bonds. The lowest BCUT2D eigenvalue weighted by Crippen LogP contribution is -2.56. The van der Waals surface area contributed by atoms with Gasteiger partial charge in [0.25, 0.3) is 0 Å². The Hall–Kier alpha value is -0.160. The molecule has 0 aromatic heterocycles. The van der Waals surface area contributed by atoms with Crippen molar-refractivity contribution in [2.75, 3.05) is 19.6 Å². The minimum atomic E-state index is -0.664. The molecule has 0 bridgehead atoms. The van der Waals surface area contributed by atoms with Gasteiger partial charge in [0.15, 0.2) is 0 Å². The molecule has 4 nitrogen and oxygen atoms in total. The summed E-state index contributed by atoms with van der Waals surface area (Å²) in [5.74, 6) is 0. The number of hydrogen-bond acceptors (Lipinski definition) is 4. The van der Waals surface area contributed by atoms with Crippen LogP contribution in [0.3, 0.4) is 0 Å². The first-order valence-corrected chi connectivity index (χ1v) is 4.02. The minimum absolute atomic E-state index is 0.0104. The fourth-order valence-corrected chi connectivity index (χ4v) is 1.25. The molecular weight excluding hydrogens is 144 g/mol. The summed E-state index contributed by atoms with van der Waals surface area (Å²) in [5, 5.41) is 24.7. The molecule has 4 heteroatoms. The van der Waals surface area contributed by atoms with Gasteiger partial charge in [0.05, 0.1) is 12.2 Å². The molecule has 1 aliphatic heterocycles. The first-order valence-electron chi connectivity index (χ1n) is 4.02. The Morgan fingerprint density at radius 3 is 2.55 bits per heavy atom. The van der Waals surface area contributed by atoms with Gasteiger partial charge in [-0.25, -0.2) is 0 Å². The molecular formula is C7H16N2O2. The molecule has 3 atom stereocenters. The quantitative estimate of drug-likeness (QED) is 0.388. The van der Waals surface area contributed by atoms with Gasteiger partial charge in [-0.15, -0.1) is 0 Å². The van der Waals surface area contributed by atoms with Crippen LogP contribution in [0.4, 0.5) is 0 Å². The van der Waals surface area contributed by atoms with Crippen molar-refractivity contribution in [3.8, 4) is 0 Å². The van der Waals surface area contributed by atoms with Crippen LogP contribution in [-0.2, 0) is 0 Å². The molecule has 1 heterocycles. The Morgan fingerprint density at radius 1 is 1.36 bits per heavy atom. The van der Waals surface area contributed by atoms with Crippen LogP contribution in [0.2, 0.25) is 0 Å². The van der Waals surface area contributed by atoms with Crippen molar-refractivity contribution in [1.29, 1.82) is 0 Å². The molecule has 1 saturated heterocycles. The van der Waals surface area contributed by atoms with E-state index in [1.54, 1.807) is 6.92 Å². The number of hydrogen-bond donors (Lipinski definition) is 4. The van der Waals surface area contributed by atoms with Crippen molar-refractivity contribution < 1.29 is 10.2 Å². The van der Waals surface area contributed by atoms with Crippen LogP contribution in [0.25, 0.3) is 0 Å². The summed E-state index contributed by atoms with van der Waals surface area (Å²) in [6, 6.07) is -0.0104. The van der Waals surface area contributed by atoms with Crippen LogP contribution in [-0.4, -0.2) is 48.1 Å². The third kappa shape index (κ3) is 2.41. The minimum Gasteiger partial charge on any atom is -0.391 e. The Morgan fingerprint density at radius 2 is 2.09 bits per heavy atom. The van der Waals surface area contributed by atoms with Crippen LogP contribution in [0.5, 0.6) is 0 Å². The van der Waals surface area contributed by atoms with Gasteiger partial charge >= 0.3 is 0 Å². The third-order valence-electron chi connectivity index (χ3n) is 1.98. The van der Waals surface area contributed by atoms with E-state index in [2.05, 4.69) is 10.6 Å². The van der Waals surface area contributed by atoms with Crippen LogP contribution >= 0.6 is 0 Å². The zero-order chi connectivity index (χ0) is 8.27. The van der Waals surface area contributed by atoms with Gasteiger partial charge < -0.3 is 20.8 Å². The maximum Gasteiger partial charge on any atom is 0.0961 e. The maximum absolute atomic E-state index is 9.40. The molecule has 1 aliphatic rings. The van der Waals surface area contributed by atoms with Crippen molar-refractivity contribution >= 4 is 0 Å². The van der Waals surface area contributed by atoms with Crippen LogP contribution in [0.15, 0.2) is 0 Å². The highest BCUT2D eigenvalue weighted by Gasteiger charge is 2.24. The molecule has 1 fully saturated rings. The van der Waals surface area contributed by atoms with Crippen LogP contribution in [0, 0.1) is 0 Å². The topological polar surface area (TPSA) is 64.5 Å². The summed E-state index contributed by atoms with van der Waals surface area (Å²) < 4.78 is 0. The summed E-state index contributed by atoms with van der Waals surface area (Å²) in [6.07, 6.45) is -1.32. The summed E-state index contributed by atoms with van der Waals surface area (Å²) >= 11 is 0. The van der Waals surface area contributed by atoms with E-state index in [0.29, 0.717) is 0 Å². The highest BCUT2D eigenvalue weighted by atomic mass is 16.3. The van der Waals surface area contributed by atoms with Crippen LogP contribution < -0.4 is 10.6 Å². The summed E-state index contributed by atoms with van der Waals surface area (Å²) in [6.45, 7) is 4.12. The van der Waals surface area contributed by atoms with E-state index in [1.807, 2.05) is 0 Å². The van der Waals surface area contributed by atoms with E-state index in [9.17, 15) is 5.11 Å². The number of rotatable bonds is 2. The van der Waals surface area contributed by atoms with Gasteiger partial charge in [-0.1, -0.05) is 0 Å². The third-order valence-corrected chi connectivity index (χ3v) is 1.98. The monoisotopic (exact) mass is 160 g/mol. The largest absolute Gasteiger partial charge is 0.391 e. The van der Waals surface area contributed by atoms with E-state index in [1.165, 1.54) is 0 Å². The molecule has 0 saturated carbocycles. The zero-order valence-corrected chi connectivity index (χ0v) is 6.75. The number of aliphatic hydroxyl groups excluding tert-OH is 2. The second-order valence-corrected chi connectivity index (χ2v) is 3.00. The van der Waals surface area contributed by atoms with Crippen molar-refractivity contribution in [1.82, 2.24) is 10.6 Å². The van der Waals surface area contributed by atoms with Crippen molar-refractivity contribution in [2.45, 2.75) is 25.2 Å². The average molecular weight is 160 g/mol. The number of aliphatic hydroxyl groups is 2. The molecule has 0 spiro atoms. The summed E-state index contributed by atoms with van der Waals surface area (Å²) in [7, 11) is 0. The maximum atomic E-state index is 9.40. The van der Waals surface area contributed by atoms with E-state index in [4.69, 9.17) is 5.11 Å². The van der Waals surface area contributed by atoms with Gasteiger partial charge in [0.2, 0.25) is 0 Å². The fraction of sp³-hybridized carbons (Fsp3) is 1.00. The van der Waals surface area contributed by atoms with E-state index in [-0.39, 0.29) is 6.04 Å². The Labute approximate surface area is 66.6 Å². The fourth-order valence-electron chi connectivity index (χ4n) is 1.25. The van der Waals surface area contributed by atoms with E-state index in [0.717, 1.165) is 19.6 Å². The standard InChI is InChI=1S/C7H16N2O2/c1-5(10)7(11)6-4-8-2-3-9-6/h5-11H,2-4H2,1H3. The molecule has 3 unspecified atom stereocenters. The molecule has 0 aromatic rings. The van der Waals surface area contributed by atoms with Gasteiger partial charge in [-0.2, -0.15) is 0 Å². The van der Waals surface area contributed by atoms with E-state index >= 15 is 0 Å². The first-order chi connectivity index (χ1) is 5.22. The normalized spacial score (nSPS) is 31.4. The first kappa shape index (κ1) is 8.93. The SMILES string of the molecule is CC(O)C(O)C1CNCCN1. The lowest BCUT2D eigenvalue weighted by Gasteiger charge is -2.30. The highest BCUT2D eigenvalue weighted by molar-refractivity contribution is 4.84. The highest BCUT2D eigenvalue weighted by Crippen LogP contribution is 2.00. The van der Waals surface area contributed by atoms with E-state index < -0.39 is 12.2 Å². The predicted molar refractivity (Wildman–Crippen MR) is 42.3 cm³/mol. The molecule has 0 radical (unpaired) electrons. The predicted octanol–water partition coefficient (Wildman–Crippen LogP) is -1.71. The molecule has 0 aliphatic carbocycles. The smallest absolute Gasteiger partial charge is 0.0961 e. The second kappa shape index (κ2) is 4.01. The van der Waals surface area contributed by atoms with Gasteiger partial charge in [0.1, 0.15) is 0 Å². The number of piperazine rings is 1. The molecule has 0 aromatic carbocycles. The Bertz CT molecular complexity index is 113. The Balaban J connectivity index is 2.32. The average Bonchev–Trinajstić information content (AvgIpc) is 2.05. The number of nitrogens with one attached hydrogen (secondary N) is 2. The molecule has 11 heavy (non-hydrogen) atoms. The second-order valence-electron chi connectivity index (χ2n) is 3.00. The summed E-state index contributed by atoms with van der Waals surface area (Å²) in [5.41, 5.74) is 0. The lowest BCUT2D eigenvalue weighted by atomic mass is 10.1. The van der Waals surface area contributed by atoms with Crippen molar-refractivity contribution in [3.63, 3.8) is 0 Å². The lowest BCUT2D eigenvalue weighted by molar-refractivity contribution is 0.00389. The van der Waals surface area contributed by atoms with Gasteiger partial charge in [0, 0.05) is 25.7 Å². The summed E-state index contributed by atoms with van der Waals surface area (Å²) in [4.78, 5) is 0. The molecule has 4 N–H and O–H groups in total. The van der Waals surface area contributed by atoms with Crippen molar-refractivity contribution in [2.24, 2.45) is 0 Å². The molecule has 66 valence electrons. The van der Waals surface area contributed by atoms with Gasteiger partial charge in [-0.3, -0.25) is 0 Å². The Kier molecular flexibility index (Phi) is 3.26. The molecule has 1 rings (SSSR count). The van der Waals surface area contributed by atoms with Crippen LogP contribution in [0.1, 0.15) is 6.92 Å². The zero-order valence-electron chi connectivity index (χ0n) is 6.75. The van der Waals surface area contributed by atoms with Crippen molar-refractivity contribution in [3.05, 3.63) is 0 Å².